The molecule has 3 fully saturated rings. The van der Waals surface area contributed by atoms with E-state index in [1.165, 1.54) is 18.4 Å². The lowest BCUT2D eigenvalue weighted by Gasteiger charge is -2.37. The van der Waals surface area contributed by atoms with Crippen molar-refractivity contribution in [1.29, 1.82) is 0 Å². The fourth-order valence-corrected chi connectivity index (χ4v) is 4.20. The van der Waals surface area contributed by atoms with Gasteiger partial charge in [-0.05, 0) is 42.9 Å². The van der Waals surface area contributed by atoms with Crippen LogP contribution >= 0.6 is 0 Å². The van der Waals surface area contributed by atoms with Crippen molar-refractivity contribution in [2.45, 2.75) is 31.3 Å². The summed E-state index contributed by atoms with van der Waals surface area (Å²) < 4.78 is 5.31. The molecule has 1 aliphatic carbocycles. The van der Waals surface area contributed by atoms with Crippen LogP contribution in [0.2, 0.25) is 0 Å². The van der Waals surface area contributed by atoms with Gasteiger partial charge in [-0.15, -0.1) is 0 Å². The lowest BCUT2D eigenvalue weighted by molar-refractivity contribution is 0.127. The molecule has 1 aromatic carbocycles. The summed E-state index contributed by atoms with van der Waals surface area (Å²) in [4.78, 5) is 30.4. The second-order valence-corrected chi connectivity index (χ2v) is 7.91. The lowest BCUT2D eigenvalue weighted by atomic mass is 10.0. The quantitative estimate of drug-likeness (QED) is 0.857. The van der Waals surface area contributed by atoms with Crippen molar-refractivity contribution in [2.75, 3.05) is 40.3 Å². The Morgan fingerprint density at radius 1 is 1.30 bits per heavy atom. The number of rotatable bonds is 5. The van der Waals surface area contributed by atoms with Crippen LogP contribution in [-0.2, 0) is 6.42 Å². The van der Waals surface area contributed by atoms with Crippen LogP contribution in [0.1, 0.15) is 18.4 Å². The van der Waals surface area contributed by atoms with E-state index in [9.17, 15) is 9.59 Å². The van der Waals surface area contributed by atoms with E-state index < -0.39 is 0 Å². The predicted octanol–water partition coefficient (Wildman–Crippen LogP) is 1.78. The normalized spacial score (nSPS) is 23.3. The highest BCUT2D eigenvalue weighted by atomic mass is 16.5. The highest BCUT2D eigenvalue weighted by Gasteiger charge is 2.41. The van der Waals surface area contributed by atoms with Crippen LogP contribution in [-0.4, -0.2) is 79.2 Å². The molecule has 4 rings (SSSR count). The fourth-order valence-electron chi connectivity index (χ4n) is 4.20. The van der Waals surface area contributed by atoms with E-state index in [2.05, 4.69) is 11.4 Å². The number of carbonyl (C=O) groups excluding carboxylic acids is 2. The van der Waals surface area contributed by atoms with Crippen LogP contribution in [0.5, 0.6) is 5.75 Å². The molecule has 2 heterocycles. The minimum Gasteiger partial charge on any atom is -0.497 e. The van der Waals surface area contributed by atoms with Crippen LogP contribution in [0.3, 0.4) is 0 Å². The lowest BCUT2D eigenvalue weighted by Crippen LogP contribution is -2.57. The molecule has 0 spiro atoms. The Morgan fingerprint density at radius 3 is 2.85 bits per heavy atom. The van der Waals surface area contributed by atoms with E-state index in [1.54, 1.807) is 12.0 Å². The van der Waals surface area contributed by atoms with E-state index >= 15 is 0 Å². The highest BCUT2D eigenvalue weighted by Crippen LogP contribution is 2.34. The molecule has 146 valence electrons. The van der Waals surface area contributed by atoms with Gasteiger partial charge < -0.3 is 24.8 Å². The summed E-state index contributed by atoms with van der Waals surface area (Å²) >= 11 is 0. The first kappa shape index (κ1) is 17.9. The van der Waals surface area contributed by atoms with Crippen molar-refractivity contribution >= 4 is 12.1 Å². The van der Waals surface area contributed by atoms with Crippen LogP contribution in [0.4, 0.5) is 9.59 Å². The molecular formula is C20H28N4O3. The Morgan fingerprint density at radius 2 is 2.11 bits per heavy atom. The molecule has 27 heavy (non-hydrogen) atoms. The molecule has 7 heteroatoms. The maximum atomic E-state index is 12.9. The van der Waals surface area contributed by atoms with Gasteiger partial charge in [0.25, 0.3) is 0 Å². The zero-order valence-electron chi connectivity index (χ0n) is 16.1. The first-order valence-electron chi connectivity index (χ1n) is 9.75. The van der Waals surface area contributed by atoms with Crippen molar-refractivity contribution in [1.82, 2.24) is 20.0 Å². The number of piperazine rings is 1. The van der Waals surface area contributed by atoms with Crippen LogP contribution in [0, 0.1) is 5.92 Å². The van der Waals surface area contributed by atoms with Gasteiger partial charge in [0, 0.05) is 39.3 Å². The maximum absolute atomic E-state index is 12.9. The Hall–Kier alpha value is -2.44. The molecule has 4 amide bonds. The Labute approximate surface area is 160 Å². The van der Waals surface area contributed by atoms with E-state index in [-0.39, 0.29) is 24.1 Å². The molecular weight excluding hydrogens is 344 g/mol. The van der Waals surface area contributed by atoms with Crippen LogP contribution in [0.25, 0.3) is 0 Å². The molecule has 1 saturated carbocycles. The number of methoxy groups -OCH3 is 1. The molecule has 1 N–H and O–H groups in total. The van der Waals surface area contributed by atoms with E-state index in [0.717, 1.165) is 12.2 Å². The number of benzene rings is 1. The highest BCUT2D eigenvalue weighted by molar-refractivity contribution is 5.79. The second kappa shape index (κ2) is 7.29. The molecule has 2 atom stereocenters. The summed E-state index contributed by atoms with van der Waals surface area (Å²) in [6.45, 7) is 2.51. The molecule has 2 aliphatic heterocycles. The molecule has 0 aromatic heterocycles. The number of hydrogen-bond donors (Lipinski definition) is 1. The summed E-state index contributed by atoms with van der Waals surface area (Å²) in [6.07, 6.45) is 3.16. The first-order valence-corrected chi connectivity index (χ1v) is 9.75. The molecule has 0 bridgehead atoms. The predicted molar refractivity (Wildman–Crippen MR) is 102 cm³/mol. The third-order valence-electron chi connectivity index (χ3n) is 5.92. The van der Waals surface area contributed by atoms with Crippen molar-refractivity contribution in [3.8, 4) is 5.75 Å². The number of likely N-dealkylation sites (N-methyl/N-ethyl adjacent to an activating group) is 1. The number of nitrogens with one attached hydrogen (secondary N) is 1. The number of hydrogen-bond acceptors (Lipinski definition) is 3. The van der Waals surface area contributed by atoms with Gasteiger partial charge in [0.2, 0.25) is 0 Å². The number of amides is 4. The molecule has 2 saturated heterocycles. The van der Waals surface area contributed by atoms with E-state index in [4.69, 9.17) is 4.74 Å². The van der Waals surface area contributed by atoms with Gasteiger partial charge in [0.1, 0.15) is 5.75 Å². The van der Waals surface area contributed by atoms with Gasteiger partial charge in [-0.25, -0.2) is 9.59 Å². The maximum Gasteiger partial charge on any atom is 0.320 e. The van der Waals surface area contributed by atoms with Gasteiger partial charge in [-0.3, -0.25) is 0 Å². The molecule has 7 nitrogen and oxygen atoms in total. The third kappa shape index (κ3) is 3.82. The average molecular weight is 372 g/mol. The number of nitrogens with zero attached hydrogens (tertiary/aromatic N) is 3. The summed E-state index contributed by atoms with van der Waals surface area (Å²) in [5.74, 6) is 1.40. The monoisotopic (exact) mass is 372 g/mol. The summed E-state index contributed by atoms with van der Waals surface area (Å²) in [6, 6.07) is 8.39. The van der Waals surface area contributed by atoms with E-state index in [1.807, 2.05) is 35.0 Å². The van der Waals surface area contributed by atoms with Crippen LogP contribution in [0.15, 0.2) is 24.3 Å². The Bertz CT molecular complexity index is 721. The number of carbonyl (C=O) groups is 2. The summed E-state index contributed by atoms with van der Waals surface area (Å²) in [5, 5.41) is 3.27. The zero-order chi connectivity index (χ0) is 19.0. The number of urea groups is 2. The Balaban J connectivity index is 1.37. The van der Waals surface area contributed by atoms with Crippen molar-refractivity contribution < 1.29 is 14.3 Å². The minimum atomic E-state index is -0.00329. The molecule has 0 radical (unpaired) electrons. The van der Waals surface area contributed by atoms with Crippen LogP contribution < -0.4 is 10.1 Å². The second-order valence-electron chi connectivity index (χ2n) is 7.91. The summed E-state index contributed by atoms with van der Waals surface area (Å²) in [7, 11) is 3.49. The van der Waals surface area contributed by atoms with Gasteiger partial charge in [0.05, 0.1) is 13.2 Å². The van der Waals surface area contributed by atoms with Crippen molar-refractivity contribution in [3.63, 3.8) is 0 Å². The fraction of sp³-hybridized carbons (Fsp3) is 0.600. The van der Waals surface area contributed by atoms with Gasteiger partial charge in [0.15, 0.2) is 0 Å². The minimum absolute atomic E-state index is 0.00329. The first-order chi connectivity index (χ1) is 13.0. The van der Waals surface area contributed by atoms with Crippen molar-refractivity contribution in [2.24, 2.45) is 5.92 Å². The van der Waals surface area contributed by atoms with E-state index in [0.29, 0.717) is 32.1 Å². The average Bonchev–Trinajstić information content (AvgIpc) is 3.48. The van der Waals surface area contributed by atoms with Crippen molar-refractivity contribution in [3.05, 3.63) is 29.8 Å². The zero-order valence-corrected chi connectivity index (χ0v) is 16.1. The Kier molecular flexibility index (Phi) is 4.85. The molecule has 1 aromatic rings. The smallest absolute Gasteiger partial charge is 0.320 e. The largest absolute Gasteiger partial charge is 0.497 e. The third-order valence-corrected chi connectivity index (χ3v) is 5.92. The standard InChI is InChI=1S/C20H28N4O3/c1-22-12-16-13-23(8-9-24(16)20(22)26)19(25)21-18(15-6-7-15)11-14-4-3-5-17(10-14)27-2/h3-5,10,15-16,18H,6-9,11-13H2,1-2H3,(H,21,25). The van der Waals surface area contributed by atoms with Gasteiger partial charge in [-0.2, -0.15) is 0 Å². The van der Waals surface area contributed by atoms with Gasteiger partial charge >= 0.3 is 12.1 Å². The number of fused-ring (bicyclic) bond motifs is 1. The number of ether oxygens (including phenoxy) is 1. The SMILES string of the molecule is COc1cccc(CC(NC(=O)N2CCN3C(=O)N(C)CC3C2)C2CC2)c1. The van der Waals surface area contributed by atoms with Gasteiger partial charge in [-0.1, -0.05) is 12.1 Å². The topological polar surface area (TPSA) is 65.1 Å². The molecule has 3 aliphatic rings. The molecule has 2 unspecified atom stereocenters. The summed E-state index contributed by atoms with van der Waals surface area (Å²) in [5.41, 5.74) is 1.18.